The summed E-state index contributed by atoms with van der Waals surface area (Å²) in [5.74, 6) is 0. The first-order valence-corrected chi connectivity index (χ1v) is 23.3. The van der Waals surface area contributed by atoms with Gasteiger partial charge in [-0.1, -0.05) is 194 Å². The van der Waals surface area contributed by atoms with Gasteiger partial charge >= 0.3 is 0 Å². The number of hydrogen-bond acceptors (Lipinski definition) is 3. The molecule has 3 heteroatoms. The summed E-state index contributed by atoms with van der Waals surface area (Å²) in [6.07, 6.45) is 0. The largest absolute Gasteiger partial charge is 0.456 e. The minimum absolute atomic E-state index is 0.532. The molecular weight excluding hydrogens is 827 g/mol. The number of fused-ring (bicyclic) bond motifs is 11. The Bertz CT molecular complexity index is 4030. The monoisotopic (exact) mass is 867 g/mol. The lowest BCUT2D eigenvalue weighted by atomic mass is 9.68. The second-order valence-electron chi connectivity index (χ2n) is 17.9. The third-order valence-electron chi connectivity index (χ3n) is 14.4. The van der Waals surface area contributed by atoms with Gasteiger partial charge in [0, 0.05) is 49.4 Å². The number of rotatable bonds is 7. The first-order valence-electron chi connectivity index (χ1n) is 23.3. The molecule has 14 rings (SSSR count). The van der Waals surface area contributed by atoms with E-state index in [9.17, 15) is 0 Å². The van der Waals surface area contributed by atoms with Gasteiger partial charge in [-0.05, 0) is 104 Å². The van der Waals surface area contributed by atoms with Crippen LogP contribution < -0.4 is 4.90 Å². The van der Waals surface area contributed by atoms with Crippen LogP contribution in [0, 0.1) is 0 Å². The maximum Gasteiger partial charge on any atom is 0.143 e. The SMILES string of the molecule is c1ccc(C2(c3ccccc3)c3ccccc3-c3c(N(c4ccc(-c5ccc6c(c5)oc5ccccc56)cc4)c4ccc(-c5cccc6c5oc5c7ccccc7ccc65)cc4)cccc32)cc1. The van der Waals surface area contributed by atoms with Crippen LogP contribution in [0.3, 0.4) is 0 Å². The molecule has 0 bridgehead atoms. The fourth-order valence-corrected chi connectivity index (χ4v) is 11.3. The number of anilines is 3. The zero-order chi connectivity index (χ0) is 44.8. The van der Waals surface area contributed by atoms with Crippen LogP contribution in [0.15, 0.2) is 258 Å². The third-order valence-corrected chi connectivity index (χ3v) is 14.4. The summed E-state index contributed by atoms with van der Waals surface area (Å²) < 4.78 is 13.1. The van der Waals surface area contributed by atoms with Crippen LogP contribution in [-0.4, -0.2) is 0 Å². The molecule has 13 aromatic rings. The molecule has 2 heterocycles. The van der Waals surface area contributed by atoms with Gasteiger partial charge in [-0.25, -0.2) is 0 Å². The topological polar surface area (TPSA) is 29.5 Å². The number of hydrogen-bond donors (Lipinski definition) is 0. The van der Waals surface area contributed by atoms with Crippen LogP contribution in [0.5, 0.6) is 0 Å². The highest BCUT2D eigenvalue weighted by molar-refractivity contribution is 6.17. The predicted octanol–water partition coefficient (Wildman–Crippen LogP) is 17.8. The van der Waals surface area contributed by atoms with E-state index in [1.165, 1.54) is 38.8 Å². The number of benzene rings is 11. The zero-order valence-corrected chi connectivity index (χ0v) is 36.9. The minimum atomic E-state index is -0.532. The lowest BCUT2D eigenvalue weighted by molar-refractivity contribution is 0.669. The molecule has 0 fully saturated rings. The smallest absolute Gasteiger partial charge is 0.143 e. The maximum atomic E-state index is 6.81. The van der Waals surface area contributed by atoms with E-state index in [0.29, 0.717) is 0 Å². The molecule has 68 heavy (non-hydrogen) atoms. The Kier molecular flexibility index (Phi) is 8.50. The molecule has 11 aromatic carbocycles. The van der Waals surface area contributed by atoms with E-state index >= 15 is 0 Å². The van der Waals surface area contributed by atoms with Crippen LogP contribution in [0.25, 0.3) is 88.0 Å². The molecule has 0 amide bonds. The van der Waals surface area contributed by atoms with Crippen LogP contribution in [0.4, 0.5) is 17.1 Å². The number of furan rings is 2. The highest BCUT2D eigenvalue weighted by Crippen LogP contribution is 2.59. The molecule has 0 spiro atoms. The van der Waals surface area contributed by atoms with Crippen molar-refractivity contribution >= 4 is 71.7 Å². The summed E-state index contributed by atoms with van der Waals surface area (Å²) in [6, 6.07) is 90.0. The van der Waals surface area contributed by atoms with Gasteiger partial charge in [0.2, 0.25) is 0 Å². The molecule has 1 aliphatic rings. The minimum Gasteiger partial charge on any atom is -0.456 e. The van der Waals surface area contributed by atoms with Crippen molar-refractivity contribution in [3.05, 3.63) is 271 Å². The second kappa shape index (κ2) is 15.1. The molecule has 0 unspecified atom stereocenters. The standard InChI is InChI=1S/C65H41NO2/c1-3-16-46(17-4-1)65(47-18-5-2-6-19-47)57-25-11-9-22-56(57)62-58(65)26-14-27-59(62)66(48-35-29-42(30-36-48)45-34-39-53-52-21-10-12-28-60(52)67-61(53)41-45)49-37-31-44(32-38-49)51-23-13-24-54-55-40-33-43-15-7-8-20-50(43)64(55)68-63(51)54/h1-41H. The maximum absolute atomic E-state index is 6.81. The molecule has 0 N–H and O–H groups in total. The molecule has 1 aliphatic carbocycles. The van der Waals surface area contributed by atoms with E-state index in [0.717, 1.165) is 88.6 Å². The predicted molar refractivity (Wildman–Crippen MR) is 281 cm³/mol. The second-order valence-corrected chi connectivity index (χ2v) is 17.9. The van der Waals surface area contributed by atoms with Crippen molar-refractivity contribution < 1.29 is 8.83 Å². The first kappa shape index (κ1) is 38.4. The molecular formula is C65H41NO2. The van der Waals surface area contributed by atoms with E-state index in [4.69, 9.17) is 8.83 Å². The van der Waals surface area contributed by atoms with Crippen LogP contribution in [0.1, 0.15) is 22.3 Å². The van der Waals surface area contributed by atoms with Gasteiger partial charge in [0.05, 0.1) is 11.1 Å². The van der Waals surface area contributed by atoms with Crippen molar-refractivity contribution in [2.24, 2.45) is 0 Å². The van der Waals surface area contributed by atoms with E-state index in [-0.39, 0.29) is 0 Å². The Hall–Kier alpha value is -8.92. The van der Waals surface area contributed by atoms with Gasteiger partial charge in [-0.2, -0.15) is 0 Å². The molecule has 2 aromatic heterocycles. The number of para-hydroxylation sites is 2. The van der Waals surface area contributed by atoms with Crippen LogP contribution in [0.2, 0.25) is 0 Å². The van der Waals surface area contributed by atoms with Crippen molar-refractivity contribution in [3.63, 3.8) is 0 Å². The highest BCUT2D eigenvalue weighted by Gasteiger charge is 2.47. The molecule has 0 radical (unpaired) electrons. The van der Waals surface area contributed by atoms with E-state index in [1.54, 1.807) is 0 Å². The van der Waals surface area contributed by atoms with Gasteiger partial charge < -0.3 is 13.7 Å². The molecule has 318 valence electrons. The zero-order valence-electron chi connectivity index (χ0n) is 36.9. The molecule has 3 nitrogen and oxygen atoms in total. The van der Waals surface area contributed by atoms with Crippen molar-refractivity contribution in [1.29, 1.82) is 0 Å². The molecule has 0 saturated carbocycles. The fourth-order valence-electron chi connectivity index (χ4n) is 11.3. The fraction of sp³-hybridized carbons (Fsp3) is 0.0154. The van der Waals surface area contributed by atoms with Crippen molar-refractivity contribution in [2.45, 2.75) is 5.41 Å². The first-order chi connectivity index (χ1) is 33.7. The van der Waals surface area contributed by atoms with E-state index in [1.807, 2.05) is 12.1 Å². The van der Waals surface area contributed by atoms with Gasteiger partial charge in [-0.15, -0.1) is 0 Å². The lowest BCUT2D eigenvalue weighted by Gasteiger charge is -2.34. The van der Waals surface area contributed by atoms with Crippen LogP contribution >= 0.6 is 0 Å². The van der Waals surface area contributed by atoms with Gasteiger partial charge in [0.25, 0.3) is 0 Å². The average Bonchev–Trinajstić information content (AvgIpc) is 4.08. The van der Waals surface area contributed by atoms with Gasteiger partial charge in [0.1, 0.15) is 22.3 Å². The summed E-state index contributed by atoms with van der Waals surface area (Å²) >= 11 is 0. The summed E-state index contributed by atoms with van der Waals surface area (Å²) in [4.78, 5) is 2.44. The Morgan fingerprint density at radius 1 is 0.324 bits per heavy atom. The molecule has 0 atom stereocenters. The molecule has 0 saturated heterocycles. The van der Waals surface area contributed by atoms with E-state index in [2.05, 4.69) is 241 Å². The van der Waals surface area contributed by atoms with Crippen LogP contribution in [-0.2, 0) is 5.41 Å². The van der Waals surface area contributed by atoms with Crippen molar-refractivity contribution in [1.82, 2.24) is 0 Å². The normalized spacial score (nSPS) is 12.8. The Morgan fingerprint density at radius 3 is 1.66 bits per heavy atom. The average molecular weight is 868 g/mol. The summed E-state index contributed by atoms with van der Waals surface area (Å²) in [7, 11) is 0. The van der Waals surface area contributed by atoms with Gasteiger partial charge in [-0.3, -0.25) is 0 Å². The summed E-state index contributed by atoms with van der Waals surface area (Å²) in [6.45, 7) is 0. The van der Waals surface area contributed by atoms with Crippen molar-refractivity contribution in [2.75, 3.05) is 4.90 Å². The van der Waals surface area contributed by atoms with Crippen molar-refractivity contribution in [3.8, 4) is 33.4 Å². The van der Waals surface area contributed by atoms with E-state index < -0.39 is 5.41 Å². The third kappa shape index (κ3) is 5.66. The number of nitrogens with zero attached hydrogens (tertiary/aromatic N) is 1. The lowest BCUT2D eigenvalue weighted by Crippen LogP contribution is -2.28. The Balaban J connectivity index is 0.953. The summed E-state index contributed by atoms with van der Waals surface area (Å²) in [5.41, 5.74) is 18.2. The summed E-state index contributed by atoms with van der Waals surface area (Å²) in [5, 5.41) is 6.80. The molecule has 0 aliphatic heterocycles. The Morgan fingerprint density at radius 2 is 0.882 bits per heavy atom. The highest BCUT2D eigenvalue weighted by atomic mass is 16.3. The Labute approximate surface area is 393 Å². The van der Waals surface area contributed by atoms with Gasteiger partial charge in [0.15, 0.2) is 0 Å². The quantitative estimate of drug-likeness (QED) is 0.160.